The minimum Gasteiger partial charge on any atom is -0.493 e. The molecule has 1 amide bonds. The lowest BCUT2D eigenvalue weighted by atomic mass is 9.91. The summed E-state index contributed by atoms with van der Waals surface area (Å²) in [6.45, 7) is 4.09. The van der Waals surface area contributed by atoms with Crippen molar-refractivity contribution >= 4 is 5.91 Å². The summed E-state index contributed by atoms with van der Waals surface area (Å²) in [6, 6.07) is 15.4. The number of nitrogens with zero attached hydrogens (tertiary/aromatic N) is 2. The maximum atomic E-state index is 14.3. The highest BCUT2D eigenvalue weighted by molar-refractivity contribution is 5.95. The summed E-state index contributed by atoms with van der Waals surface area (Å²) >= 11 is 0. The molecule has 0 aliphatic rings. The number of aliphatic hydroxyl groups is 1. The third kappa shape index (κ3) is 7.71. The van der Waals surface area contributed by atoms with E-state index in [9.17, 15) is 23.1 Å². The lowest BCUT2D eigenvalue weighted by Crippen LogP contribution is -2.36. The van der Waals surface area contributed by atoms with Gasteiger partial charge in [0.05, 0.1) is 36.2 Å². The number of nitrogens with two attached hydrogens (primary N) is 1. The summed E-state index contributed by atoms with van der Waals surface area (Å²) in [5, 5.41) is 20.8. The van der Waals surface area contributed by atoms with Crippen LogP contribution < -0.4 is 20.5 Å². The largest absolute Gasteiger partial charge is 0.493 e. The van der Waals surface area contributed by atoms with Crippen molar-refractivity contribution in [3.8, 4) is 28.8 Å². The molecule has 0 saturated heterocycles. The maximum Gasteiger partial charge on any atom is 0.398 e. The minimum atomic E-state index is -4.74. The number of alkyl halides is 3. The Kier molecular flexibility index (Phi) is 9.40. The molecule has 1 heterocycles. The van der Waals surface area contributed by atoms with Gasteiger partial charge < -0.3 is 25.6 Å². The first-order chi connectivity index (χ1) is 18.7. The molecule has 0 aliphatic heterocycles. The summed E-state index contributed by atoms with van der Waals surface area (Å²) in [5.74, 6) is -2.43. The zero-order valence-electron chi connectivity index (χ0n) is 22.5. The second-order valence-electron chi connectivity index (χ2n) is 9.91. The third-order valence-electron chi connectivity index (χ3n) is 6.02. The number of benzene rings is 2. The summed E-state index contributed by atoms with van der Waals surface area (Å²) in [6.07, 6.45) is -5.47. The first-order valence-electron chi connectivity index (χ1n) is 12.4. The van der Waals surface area contributed by atoms with Gasteiger partial charge in [0.1, 0.15) is 12.5 Å². The molecule has 4 N–H and O–H groups in total. The quantitative estimate of drug-likeness (QED) is 0.331. The molecule has 0 spiro atoms. The van der Waals surface area contributed by atoms with Gasteiger partial charge >= 0.3 is 6.18 Å². The van der Waals surface area contributed by atoms with Gasteiger partial charge in [0.15, 0.2) is 11.5 Å². The zero-order chi connectivity index (χ0) is 29.7. The number of nitriles is 1. The molecule has 40 heavy (non-hydrogen) atoms. The number of aliphatic hydroxyl groups excluding tert-OH is 1. The molecule has 0 bridgehead atoms. The molecule has 2 atom stereocenters. The van der Waals surface area contributed by atoms with E-state index in [1.54, 1.807) is 44.2 Å². The van der Waals surface area contributed by atoms with Gasteiger partial charge in [-0.2, -0.15) is 18.4 Å². The minimum absolute atomic E-state index is 0.00864. The predicted octanol–water partition coefficient (Wildman–Crippen LogP) is 4.66. The molecular weight excluding hydrogens is 525 g/mol. The number of carbonyl (C=O) groups excluding carboxylic acids is 1. The smallest absolute Gasteiger partial charge is 0.398 e. The van der Waals surface area contributed by atoms with Crippen LogP contribution in [0, 0.1) is 11.3 Å². The standard InChI is InChI=1S/C29H31F3N4O4/c1-17(37)16-40-25-10-9-20(11-26(25)39-4)27(38)35-15-22(29(30,31)32)24-13-21(28(2,3)34)12-23(36-24)19-7-5-18(14-33)6-8-19/h5-13,17,22,37H,15-16,34H2,1-4H3,(H,35,38)/t17-,22?/m1/s1. The maximum absolute atomic E-state index is 14.3. The van der Waals surface area contributed by atoms with Crippen LogP contribution in [0.25, 0.3) is 11.3 Å². The topological polar surface area (TPSA) is 130 Å². The molecule has 11 heteroatoms. The van der Waals surface area contributed by atoms with E-state index in [0.29, 0.717) is 16.7 Å². The van der Waals surface area contributed by atoms with Crippen LogP contribution in [0.5, 0.6) is 11.5 Å². The fourth-order valence-electron chi connectivity index (χ4n) is 3.79. The lowest BCUT2D eigenvalue weighted by Gasteiger charge is -2.25. The van der Waals surface area contributed by atoms with Gasteiger partial charge in [0.25, 0.3) is 5.91 Å². The molecule has 1 unspecified atom stereocenters. The molecule has 0 fully saturated rings. The van der Waals surface area contributed by atoms with E-state index in [0.717, 1.165) is 0 Å². The number of hydrogen-bond acceptors (Lipinski definition) is 7. The van der Waals surface area contributed by atoms with Crippen molar-refractivity contribution in [3.63, 3.8) is 0 Å². The van der Waals surface area contributed by atoms with E-state index in [4.69, 9.17) is 20.5 Å². The number of carbonyl (C=O) groups is 1. The highest BCUT2D eigenvalue weighted by Gasteiger charge is 2.42. The van der Waals surface area contributed by atoms with Gasteiger partial charge in [-0.05, 0) is 68.8 Å². The average Bonchev–Trinajstić information content (AvgIpc) is 2.90. The van der Waals surface area contributed by atoms with Crippen molar-refractivity contribution in [1.29, 1.82) is 5.26 Å². The SMILES string of the molecule is COc1cc(C(=O)NCC(c2cc(C(C)(C)N)cc(-c3ccc(C#N)cc3)n2)C(F)(F)F)ccc1OC[C@@H](C)O. The fraction of sp³-hybridized carbons (Fsp3) is 0.345. The van der Waals surface area contributed by atoms with Crippen molar-refractivity contribution in [2.24, 2.45) is 5.73 Å². The Balaban J connectivity index is 1.93. The van der Waals surface area contributed by atoms with Crippen LogP contribution in [0.3, 0.4) is 0 Å². The summed E-state index contributed by atoms with van der Waals surface area (Å²) in [5.41, 5.74) is 6.62. The van der Waals surface area contributed by atoms with Crippen molar-refractivity contribution in [1.82, 2.24) is 10.3 Å². The molecule has 0 radical (unpaired) electrons. The first-order valence-corrected chi connectivity index (χ1v) is 12.4. The number of hydrogen-bond donors (Lipinski definition) is 3. The number of amides is 1. The molecule has 3 rings (SSSR count). The Bertz CT molecular complexity index is 1380. The van der Waals surface area contributed by atoms with Gasteiger partial charge in [0.2, 0.25) is 0 Å². The highest BCUT2D eigenvalue weighted by Crippen LogP contribution is 2.36. The third-order valence-corrected chi connectivity index (χ3v) is 6.02. The van der Waals surface area contributed by atoms with Crippen molar-refractivity contribution in [2.45, 2.75) is 44.5 Å². The fourth-order valence-corrected chi connectivity index (χ4v) is 3.79. The van der Waals surface area contributed by atoms with E-state index in [2.05, 4.69) is 10.3 Å². The lowest BCUT2D eigenvalue weighted by molar-refractivity contribution is -0.149. The molecule has 212 valence electrons. The van der Waals surface area contributed by atoms with Gasteiger partial charge in [-0.1, -0.05) is 12.1 Å². The van der Waals surface area contributed by atoms with Crippen molar-refractivity contribution < 1.29 is 32.5 Å². The van der Waals surface area contributed by atoms with Gasteiger partial charge in [-0.3, -0.25) is 9.78 Å². The van der Waals surface area contributed by atoms with E-state index in [1.165, 1.54) is 38.3 Å². The highest BCUT2D eigenvalue weighted by atomic mass is 19.4. The van der Waals surface area contributed by atoms with Crippen LogP contribution in [0.15, 0.2) is 54.6 Å². The predicted molar refractivity (Wildman–Crippen MR) is 143 cm³/mol. The van der Waals surface area contributed by atoms with Gasteiger partial charge in [-0.15, -0.1) is 0 Å². The normalized spacial score (nSPS) is 13.2. The number of aromatic nitrogens is 1. The Morgan fingerprint density at radius 1 is 1.12 bits per heavy atom. The second kappa shape index (κ2) is 12.4. The number of pyridine rings is 1. The van der Waals surface area contributed by atoms with Crippen molar-refractivity contribution in [2.75, 3.05) is 20.3 Å². The number of rotatable bonds is 10. The van der Waals surface area contributed by atoms with E-state index < -0.39 is 36.2 Å². The first kappa shape index (κ1) is 30.4. The van der Waals surface area contributed by atoms with Crippen LogP contribution in [0.4, 0.5) is 13.2 Å². The molecule has 2 aromatic carbocycles. The monoisotopic (exact) mass is 556 g/mol. The Morgan fingerprint density at radius 2 is 1.80 bits per heavy atom. The van der Waals surface area contributed by atoms with Crippen LogP contribution in [-0.4, -0.2) is 48.5 Å². The van der Waals surface area contributed by atoms with Gasteiger partial charge in [-0.25, -0.2) is 0 Å². The molecular formula is C29H31F3N4O4. The zero-order valence-corrected chi connectivity index (χ0v) is 22.5. The molecule has 0 saturated carbocycles. The van der Waals surface area contributed by atoms with Crippen LogP contribution >= 0.6 is 0 Å². The van der Waals surface area contributed by atoms with E-state index in [1.807, 2.05) is 6.07 Å². The van der Waals surface area contributed by atoms with Crippen molar-refractivity contribution in [3.05, 3.63) is 77.0 Å². The van der Waals surface area contributed by atoms with E-state index in [-0.39, 0.29) is 35.1 Å². The van der Waals surface area contributed by atoms with Gasteiger partial charge in [0, 0.05) is 23.2 Å². The number of ether oxygens (including phenoxy) is 2. The molecule has 8 nitrogen and oxygen atoms in total. The van der Waals surface area contributed by atoms with Crippen LogP contribution in [0.1, 0.15) is 53.9 Å². The van der Waals surface area contributed by atoms with E-state index >= 15 is 0 Å². The average molecular weight is 557 g/mol. The second-order valence-corrected chi connectivity index (χ2v) is 9.91. The number of halogens is 3. The molecule has 0 aliphatic carbocycles. The Labute approximate surface area is 230 Å². The van der Waals surface area contributed by atoms with Crippen LogP contribution in [0.2, 0.25) is 0 Å². The molecule has 3 aromatic rings. The number of methoxy groups -OCH3 is 1. The number of nitrogens with one attached hydrogen (secondary N) is 1. The molecule has 1 aromatic heterocycles. The summed E-state index contributed by atoms with van der Waals surface area (Å²) in [4.78, 5) is 17.1. The summed E-state index contributed by atoms with van der Waals surface area (Å²) in [7, 11) is 1.36. The summed E-state index contributed by atoms with van der Waals surface area (Å²) < 4.78 is 53.6. The Morgan fingerprint density at radius 3 is 2.35 bits per heavy atom. The Hall–Kier alpha value is -4.14. The van der Waals surface area contributed by atoms with Crippen LogP contribution in [-0.2, 0) is 5.54 Å².